The summed E-state index contributed by atoms with van der Waals surface area (Å²) in [6.07, 6.45) is 3.14. The van der Waals surface area contributed by atoms with Crippen molar-refractivity contribution in [3.8, 4) is 0 Å². The molecule has 2 fully saturated rings. The summed E-state index contributed by atoms with van der Waals surface area (Å²) in [6.45, 7) is 5.84. The van der Waals surface area contributed by atoms with E-state index in [-0.39, 0.29) is 6.61 Å². The number of methoxy groups -OCH3 is 2. The van der Waals surface area contributed by atoms with Crippen LogP contribution in [0.5, 0.6) is 0 Å². The third kappa shape index (κ3) is 2.92. The van der Waals surface area contributed by atoms with Crippen molar-refractivity contribution in [1.82, 2.24) is 0 Å². The van der Waals surface area contributed by atoms with Crippen molar-refractivity contribution in [2.45, 2.75) is 57.4 Å². The third-order valence-corrected chi connectivity index (χ3v) is 4.54. The van der Waals surface area contributed by atoms with Gasteiger partial charge in [-0.3, -0.25) is 0 Å². The van der Waals surface area contributed by atoms with Crippen LogP contribution in [0.15, 0.2) is 11.6 Å². The molecule has 5 nitrogen and oxygen atoms in total. The first kappa shape index (κ1) is 15.9. The fraction of sp³-hybridized carbons (Fsp3) is 0.867. The zero-order valence-corrected chi connectivity index (χ0v) is 13.0. The zero-order chi connectivity index (χ0) is 15.0. The lowest BCUT2D eigenvalue weighted by atomic mass is 10.0. The molecule has 2 aliphatic rings. The van der Waals surface area contributed by atoms with Crippen LogP contribution in [-0.2, 0) is 18.9 Å². The quantitative estimate of drug-likeness (QED) is 0.782. The Kier molecular flexibility index (Phi) is 4.56. The highest BCUT2D eigenvalue weighted by molar-refractivity contribution is 5.13. The predicted molar refractivity (Wildman–Crippen MR) is 74.1 cm³/mol. The van der Waals surface area contributed by atoms with Gasteiger partial charge in [0, 0.05) is 14.2 Å². The number of aliphatic hydroxyl groups excluding tert-OH is 1. The Morgan fingerprint density at radius 1 is 1.25 bits per heavy atom. The van der Waals surface area contributed by atoms with Gasteiger partial charge in [0.1, 0.15) is 12.2 Å². The minimum absolute atomic E-state index is 0.263. The summed E-state index contributed by atoms with van der Waals surface area (Å²) in [5, 5.41) is 10.3. The van der Waals surface area contributed by atoms with Gasteiger partial charge in [-0.25, -0.2) is 0 Å². The molecule has 1 heterocycles. The number of hydrogen-bond acceptors (Lipinski definition) is 5. The van der Waals surface area contributed by atoms with Crippen LogP contribution >= 0.6 is 0 Å². The van der Waals surface area contributed by atoms with Crippen LogP contribution < -0.4 is 0 Å². The Balaban J connectivity index is 2.06. The van der Waals surface area contributed by atoms with Gasteiger partial charge in [-0.2, -0.15) is 0 Å². The molecule has 0 amide bonds. The van der Waals surface area contributed by atoms with E-state index in [1.807, 2.05) is 6.08 Å². The van der Waals surface area contributed by atoms with Crippen molar-refractivity contribution >= 4 is 0 Å². The van der Waals surface area contributed by atoms with Gasteiger partial charge in [0.05, 0.1) is 6.61 Å². The summed E-state index contributed by atoms with van der Waals surface area (Å²) in [6, 6.07) is 0. The van der Waals surface area contributed by atoms with Gasteiger partial charge in [-0.1, -0.05) is 11.6 Å². The van der Waals surface area contributed by atoms with Crippen molar-refractivity contribution < 1.29 is 24.1 Å². The molecule has 0 spiro atoms. The van der Waals surface area contributed by atoms with Gasteiger partial charge >= 0.3 is 0 Å². The smallest absolute Gasteiger partial charge is 0.220 e. The molecule has 1 aliphatic carbocycles. The first-order valence-electron chi connectivity index (χ1n) is 7.13. The second-order valence-electron chi connectivity index (χ2n) is 5.94. The van der Waals surface area contributed by atoms with Crippen molar-refractivity contribution in [2.75, 3.05) is 20.8 Å². The van der Waals surface area contributed by atoms with E-state index in [2.05, 4.69) is 6.92 Å². The van der Waals surface area contributed by atoms with E-state index in [1.54, 1.807) is 28.1 Å². The highest BCUT2D eigenvalue weighted by atomic mass is 16.8. The van der Waals surface area contributed by atoms with Crippen LogP contribution in [0.25, 0.3) is 0 Å². The van der Waals surface area contributed by atoms with Gasteiger partial charge in [0.15, 0.2) is 0 Å². The summed E-state index contributed by atoms with van der Waals surface area (Å²) >= 11 is 0. The number of aliphatic hydroxyl groups is 1. The Bertz CT molecular complexity index is 378. The monoisotopic (exact) mass is 286 g/mol. The minimum atomic E-state index is -1.06. The Hall–Kier alpha value is -0.460. The van der Waals surface area contributed by atoms with E-state index in [4.69, 9.17) is 18.9 Å². The van der Waals surface area contributed by atoms with Gasteiger partial charge in [-0.05, 0) is 39.5 Å². The van der Waals surface area contributed by atoms with Crippen LogP contribution in [0, 0.1) is 5.92 Å². The molecular formula is C15H26O5. The van der Waals surface area contributed by atoms with Crippen LogP contribution in [-0.4, -0.2) is 49.7 Å². The van der Waals surface area contributed by atoms with Crippen LogP contribution in [0.2, 0.25) is 0 Å². The predicted octanol–water partition coefficient (Wildman–Crippen LogP) is 1.84. The van der Waals surface area contributed by atoms with Gasteiger partial charge in [0.2, 0.25) is 11.6 Å². The lowest BCUT2D eigenvalue weighted by Gasteiger charge is -2.49. The van der Waals surface area contributed by atoms with Crippen LogP contribution in [0.3, 0.4) is 0 Å². The second-order valence-corrected chi connectivity index (χ2v) is 5.94. The lowest BCUT2D eigenvalue weighted by Crippen LogP contribution is -2.63. The molecule has 0 aromatic rings. The van der Waals surface area contributed by atoms with E-state index in [9.17, 15) is 5.11 Å². The van der Waals surface area contributed by atoms with Crippen LogP contribution in [0.4, 0.5) is 0 Å². The average Bonchev–Trinajstić information content (AvgIpc) is 3.26. The van der Waals surface area contributed by atoms with E-state index < -0.39 is 23.8 Å². The first-order valence-corrected chi connectivity index (χ1v) is 7.13. The topological polar surface area (TPSA) is 57.2 Å². The fourth-order valence-corrected chi connectivity index (χ4v) is 2.50. The summed E-state index contributed by atoms with van der Waals surface area (Å²) in [5.74, 6) is -1.42. The summed E-state index contributed by atoms with van der Waals surface area (Å²) in [7, 11) is 3.09. The molecule has 1 N–H and O–H groups in total. The summed E-state index contributed by atoms with van der Waals surface area (Å²) in [4.78, 5) is 0. The molecule has 0 aromatic carbocycles. The number of ether oxygens (including phenoxy) is 4. The molecule has 0 radical (unpaired) electrons. The third-order valence-electron chi connectivity index (χ3n) is 4.54. The molecule has 0 unspecified atom stereocenters. The average molecular weight is 286 g/mol. The Morgan fingerprint density at radius 3 is 2.35 bits per heavy atom. The van der Waals surface area contributed by atoms with Gasteiger partial charge in [0.25, 0.3) is 0 Å². The second kappa shape index (κ2) is 5.73. The maximum Gasteiger partial charge on any atom is 0.220 e. The highest BCUT2D eigenvalue weighted by Crippen LogP contribution is 2.39. The number of rotatable bonds is 5. The molecule has 4 atom stereocenters. The van der Waals surface area contributed by atoms with Gasteiger partial charge < -0.3 is 24.1 Å². The van der Waals surface area contributed by atoms with Crippen LogP contribution in [0.1, 0.15) is 33.6 Å². The van der Waals surface area contributed by atoms with E-state index in [0.29, 0.717) is 5.92 Å². The molecule has 1 saturated heterocycles. The first-order chi connectivity index (χ1) is 9.35. The molecule has 0 bridgehead atoms. The van der Waals surface area contributed by atoms with Crippen molar-refractivity contribution in [2.24, 2.45) is 5.92 Å². The Labute approximate surface area is 120 Å². The largest absolute Gasteiger partial charge is 0.386 e. The van der Waals surface area contributed by atoms with Gasteiger partial charge in [-0.15, -0.1) is 0 Å². The summed E-state index contributed by atoms with van der Waals surface area (Å²) < 4.78 is 22.5. The molecule has 20 heavy (non-hydrogen) atoms. The van der Waals surface area contributed by atoms with E-state index in [1.165, 1.54) is 18.4 Å². The molecule has 0 aromatic heterocycles. The zero-order valence-electron chi connectivity index (χ0n) is 13.0. The SMILES string of the molecule is CO[C@]1(C)OC[C@@H]([C@@H](O)/C=C(\C)C2CC2)O[C@@]1(C)OC. The lowest BCUT2D eigenvalue weighted by molar-refractivity contribution is -0.435. The molecule has 2 rings (SSSR count). The minimum Gasteiger partial charge on any atom is -0.386 e. The van der Waals surface area contributed by atoms with Crippen molar-refractivity contribution in [3.63, 3.8) is 0 Å². The van der Waals surface area contributed by atoms with E-state index in [0.717, 1.165) is 0 Å². The van der Waals surface area contributed by atoms with E-state index >= 15 is 0 Å². The maximum absolute atomic E-state index is 10.3. The fourth-order valence-electron chi connectivity index (χ4n) is 2.50. The van der Waals surface area contributed by atoms with Crippen molar-refractivity contribution in [3.05, 3.63) is 11.6 Å². The summed E-state index contributed by atoms with van der Waals surface area (Å²) in [5.41, 5.74) is 1.22. The van der Waals surface area contributed by atoms with Crippen molar-refractivity contribution in [1.29, 1.82) is 0 Å². The molecule has 5 heteroatoms. The number of hydrogen-bond donors (Lipinski definition) is 1. The number of allylic oxidation sites excluding steroid dienone is 1. The molecular weight excluding hydrogens is 260 g/mol. The molecule has 116 valence electrons. The molecule has 1 aliphatic heterocycles. The molecule has 1 saturated carbocycles. The maximum atomic E-state index is 10.3. The normalized spacial score (nSPS) is 40.7. The standard InChI is InChI=1S/C15H26O5/c1-10(11-6-7-11)8-12(16)13-9-19-14(2,17-4)15(3,18-5)20-13/h8,11-13,16H,6-7,9H2,1-5H3/b10-8+/t12-,13-,14+,15+/m0/s1. The highest BCUT2D eigenvalue weighted by Gasteiger charge is 2.54. The Morgan fingerprint density at radius 2 is 1.85 bits per heavy atom.